The average Bonchev–Trinajstić information content (AvgIpc) is 2.19. The van der Waals surface area contributed by atoms with Gasteiger partial charge in [0.25, 0.3) is 0 Å². The number of halogens is 1. The summed E-state index contributed by atoms with van der Waals surface area (Å²) >= 11 is 5.58. The molecule has 0 aliphatic rings. The van der Waals surface area contributed by atoms with Crippen LogP contribution >= 0.6 is 11.6 Å². The van der Waals surface area contributed by atoms with E-state index in [0.29, 0.717) is 31.3 Å². The highest BCUT2D eigenvalue weighted by Gasteiger charge is 2.24. The van der Waals surface area contributed by atoms with Crippen molar-refractivity contribution in [2.75, 3.05) is 24.7 Å². The third kappa shape index (κ3) is 8.33. The van der Waals surface area contributed by atoms with E-state index in [-0.39, 0.29) is 11.2 Å². The van der Waals surface area contributed by atoms with Crippen LogP contribution < -0.4 is 0 Å². The zero-order chi connectivity index (χ0) is 14.4. The van der Waals surface area contributed by atoms with Crippen LogP contribution in [0.5, 0.6) is 0 Å². The SMILES string of the molecule is CC(C)CN(CCC(C)(C)C)S(=O)(=O)CCCCl. The van der Waals surface area contributed by atoms with Crippen LogP contribution in [0.15, 0.2) is 0 Å². The molecule has 0 saturated carbocycles. The van der Waals surface area contributed by atoms with Crippen LogP contribution in [0.2, 0.25) is 0 Å². The summed E-state index contributed by atoms with van der Waals surface area (Å²) < 4.78 is 26.1. The quantitative estimate of drug-likeness (QED) is 0.644. The van der Waals surface area contributed by atoms with Gasteiger partial charge in [-0.15, -0.1) is 11.6 Å². The first-order valence-corrected chi connectivity index (χ1v) is 8.76. The van der Waals surface area contributed by atoms with Gasteiger partial charge in [0.2, 0.25) is 10.0 Å². The van der Waals surface area contributed by atoms with Crippen molar-refractivity contribution >= 4 is 21.6 Å². The monoisotopic (exact) mass is 297 g/mol. The molecule has 0 spiro atoms. The molecule has 0 aromatic rings. The van der Waals surface area contributed by atoms with E-state index in [2.05, 4.69) is 20.8 Å². The van der Waals surface area contributed by atoms with Gasteiger partial charge in [-0.2, -0.15) is 0 Å². The Morgan fingerprint density at radius 2 is 1.78 bits per heavy atom. The van der Waals surface area contributed by atoms with Crippen molar-refractivity contribution in [2.45, 2.75) is 47.5 Å². The summed E-state index contributed by atoms with van der Waals surface area (Å²) in [6.45, 7) is 11.7. The van der Waals surface area contributed by atoms with E-state index in [0.717, 1.165) is 6.42 Å². The molecular weight excluding hydrogens is 270 g/mol. The Morgan fingerprint density at radius 1 is 1.22 bits per heavy atom. The molecule has 3 nitrogen and oxygen atoms in total. The van der Waals surface area contributed by atoms with E-state index in [4.69, 9.17) is 11.6 Å². The van der Waals surface area contributed by atoms with Crippen molar-refractivity contribution in [3.8, 4) is 0 Å². The Morgan fingerprint density at radius 3 is 2.17 bits per heavy atom. The van der Waals surface area contributed by atoms with Crippen LogP contribution in [0.1, 0.15) is 47.5 Å². The molecule has 0 aliphatic carbocycles. The average molecular weight is 298 g/mol. The molecule has 0 aliphatic heterocycles. The first kappa shape index (κ1) is 18.2. The third-order valence-corrected chi connectivity index (χ3v) is 4.80. The molecule has 110 valence electrons. The summed E-state index contributed by atoms with van der Waals surface area (Å²) in [5.41, 5.74) is 0.150. The Bertz CT molecular complexity index is 320. The lowest BCUT2D eigenvalue weighted by molar-refractivity contribution is 0.294. The topological polar surface area (TPSA) is 37.4 Å². The lowest BCUT2D eigenvalue weighted by atomic mass is 9.92. The summed E-state index contributed by atoms with van der Waals surface area (Å²) in [6.07, 6.45) is 1.40. The maximum absolute atomic E-state index is 12.2. The maximum atomic E-state index is 12.2. The largest absolute Gasteiger partial charge is 0.214 e. The van der Waals surface area contributed by atoms with Crippen molar-refractivity contribution in [1.29, 1.82) is 0 Å². The molecule has 0 heterocycles. The molecule has 0 rings (SSSR count). The van der Waals surface area contributed by atoms with Crippen LogP contribution in [-0.4, -0.2) is 37.4 Å². The molecule has 5 heteroatoms. The van der Waals surface area contributed by atoms with Crippen molar-refractivity contribution in [1.82, 2.24) is 4.31 Å². The van der Waals surface area contributed by atoms with Gasteiger partial charge >= 0.3 is 0 Å². The smallest absolute Gasteiger partial charge is 0.212 e. The maximum Gasteiger partial charge on any atom is 0.214 e. The van der Waals surface area contributed by atoms with Crippen LogP contribution in [0.4, 0.5) is 0 Å². The van der Waals surface area contributed by atoms with Gasteiger partial charge in [0.15, 0.2) is 0 Å². The fraction of sp³-hybridized carbons (Fsp3) is 1.00. The van der Waals surface area contributed by atoms with Crippen molar-refractivity contribution < 1.29 is 8.42 Å². The first-order valence-electron chi connectivity index (χ1n) is 6.62. The van der Waals surface area contributed by atoms with Crippen LogP contribution in [0.25, 0.3) is 0 Å². The number of nitrogens with zero attached hydrogens (tertiary/aromatic N) is 1. The van der Waals surface area contributed by atoms with Crippen LogP contribution in [0.3, 0.4) is 0 Å². The second-order valence-electron chi connectivity index (χ2n) is 6.42. The second-order valence-corrected chi connectivity index (χ2v) is 8.89. The summed E-state index contributed by atoms with van der Waals surface area (Å²) in [4.78, 5) is 0. The van der Waals surface area contributed by atoms with Gasteiger partial charge in [-0.3, -0.25) is 0 Å². The molecule has 0 amide bonds. The minimum Gasteiger partial charge on any atom is -0.212 e. The lowest BCUT2D eigenvalue weighted by Gasteiger charge is -2.27. The van der Waals surface area contributed by atoms with Gasteiger partial charge in [-0.25, -0.2) is 12.7 Å². The van der Waals surface area contributed by atoms with Gasteiger partial charge in [0.05, 0.1) is 5.75 Å². The van der Waals surface area contributed by atoms with Gasteiger partial charge in [-0.1, -0.05) is 34.6 Å². The highest BCUT2D eigenvalue weighted by molar-refractivity contribution is 7.89. The van der Waals surface area contributed by atoms with Gasteiger partial charge in [0.1, 0.15) is 0 Å². The van der Waals surface area contributed by atoms with Gasteiger partial charge in [-0.05, 0) is 24.2 Å². The predicted octanol–water partition coefficient (Wildman–Crippen LogP) is 3.34. The predicted molar refractivity (Wildman–Crippen MR) is 79.6 cm³/mol. The molecule has 0 bridgehead atoms. The first-order chi connectivity index (χ1) is 8.08. The third-order valence-electron chi connectivity index (χ3n) is 2.61. The van der Waals surface area contributed by atoms with E-state index in [1.165, 1.54) is 0 Å². The number of hydrogen-bond acceptors (Lipinski definition) is 2. The van der Waals surface area contributed by atoms with Crippen molar-refractivity contribution in [3.05, 3.63) is 0 Å². The number of sulfonamides is 1. The van der Waals surface area contributed by atoms with Crippen LogP contribution in [0, 0.1) is 11.3 Å². The molecule has 0 saturated heterocycles. The number of alkyl halides is 1. The Kier molecular flexibility index (Phi) is 7.79. The molecule has 18 heavy (non-hydrogen) atoms. The fourth-order valence-electron chi connectivity index (χ4n) is 1.58. The molecular formula is C13H28ClNO2S. The summed E-state index contributed by atoms with van der Waals surface area (Å²) in [6, 6.07) is 0. The number of hydrogen-bond donors (Lipinski definition) is 0. The minimum atomic E-state index is -3.15. The van der Waals surface area contributed by atoms with Gasteiger partial charge in [0, 0.05) is 19.0 Å². The highest BCUT2D eigenvalue weighted by atomic mass is 35.5. The molecule has 0 N–H and O–H groups in total. The highest BCUT2D eigenvalue weighted by Crippen LogP contribution is 2.20. The molecule has 0 unspecified atom stereocenters. The molecule has 0 radical (unpaired) electrons. The summed E-state index contributed by atoms with van der Waals surface area (Å²) in [5.74, 6) is 0.900. The fourth-order valence-corrected chi connectivity index (χ4v) is 3.53. The molecule has 0 aromatic heterocycles. The Balaban J connectivity index is 4.66. The lowest BCUT2D eigenvalue weighted by Crippen LogP contribution is -2.38. The van der Waals surface area contributed by atoms with E-state index in [1.807, 2.05) is 13.8 Å². The van der Waals surface area contributed by atoms with E-state index in [9.17, 15) is 8.42 Å². The minimum absolute atomic E-state index is 0.150. The molecule has 0 fully saturated rings. The Hall–Kier alpha value is 0.200. The zero-order valence-electron chi connectivity index (χ0n) is 12.4. The van der Waals surface area contributed by atoms with Crippen molar-refractivity contribution in [2.24, 2.45) is 11.3 Å². The van der Waals surface area contributed by atoms with E-state index >= 15 is 0 Å². The van der Waals surface area contributed by atoms with Crippen LogP contribution in [-0.2, 0) is 10.0 Å². The van der Waals surface area contributed by atoms with Gasteiger partial charge < -0.3 is 0 Å². The van der Waals surface area contributed by atoms with Crippen molar-refractivity contribution in [3.63, 3.8) is 0 Å². The van der Waals surface area contributed by atoms with E-state index in [1.54, 1.807) is 4.31 Å². The standard InChI is InChI=1S/C13H28ClNO2S/c1-12(2)11-15(9-7-13(3,4)5)18(16,17)10-6-8-14/h12H,6-11H2,1-5H3. The molecule has 0 aromatic carbocycles. The summed E-state index contributed by atoms with van der Waals surface area (Å²) in [7, 11) is -3.15. The zero-order valence-corrected chi connectivity index (χ0v) is 13.9. The number of rotatable bonds is 8. The molecule has 0 atom stereocenters. The second kappa shape index (κ2) is 7.71. The summed E-state index contributed by atoms with van der Waals surface area (Å²) in [5, 5.41) is 0. The normalized spacial score (nSPS) is 13.6. The van der Waals surface area contributed by atoms with E-state index < -0.39 is 10.0 Å². The Labute approximate surface area is 118 Å².